The number of methoxy groups -OCH3 is 1. The topological polar surface area (TPSA) is 66.8 Å². The Kier molecular flexibility index (Phi) is 9.04. The molecule has 0 aromatic heterocycles. The van der Waals surface area contributed by atoms with Gasteiger partial charge in [-0.25, -0.2) is 0 Å². The van der Waals surface area contributed by atoms with Crippen LogP contribution in [0.3, 0.4) is 0 Å². The van der Waals surface area contributed by atoms with Crippen molar-refractivity contribution in [3.8, 4) is 0 Å². The van der Waals surface area contributed by atoms with Gasteiger partial charge in [-0.1, -0.05) is 63.3 Å². The highest BCUT2D eigenvalue weighted by Gasteiger charge is 2.51. The molecule has 4 heteroatoms. The molecule has 2 aliphatic rings. The van der Waals surface area contributed by atoms with Crippen molar-refractivity contribution in [2.24, 2.45) is 17.3 Å². The first-order valence-electron chi connectivity index (χ1n) is 10.8. The number of fused-ring (bicyclic) bond motifs is 1. The van der Waals surface area contributed by atoms with Gasteiger partial charge in [-0.05, 0) is 43.4 Å². The number of aliphatic hydroxyl groups excluding tert-OH is 2. The molecule has 0 aromatic rings. The van der Waals surface area contributed by atoms with E-state index in [4.69, 9.17) is 4.74 Å². The lowest BCUT2D eigenvalue weighted by molar-refractivity contribution is -0.140. The number of carbonyl (C=O) groups excluding carboxylic acids is 1. The minimum atomic E-state index is -0.404. The van der Waals surface area contributed by atoms with Crippen LogP contribution in [0.1, 0.15) is 77.6 Å². The zero-order chi connectivity index (χ0) is 19.7. The third-order valence-corrected chi connectivity index (χ3v) is 6.49. The van der Waals surface area contributed by atoms with E-state index in [-0.39, 0.29) is 23.4 Å². The molecule has 5 atom stereocenters. The van der Waals surface area contributed by atoms with E-state index < -0.39 is 6.10 Å². The van der Waals surface area contributed by atoms with Gasteiger partial charge in [0.15, 0.2) is 0 Å². The van der Waals surface area contributed by atoms with Crippen molar-refractivity contribution in [1.82, 2.24) is 0 Å². The predicted octanol–water partition coefficient (Wildman–Crippen LogP) is 4.55. The minimum absolute atomic E-state index is 0.0522. The first-order valence-corrected chi connectivity index (χ1v) is 10.8. The Bertz CT molecular complexity index is 513. The van der Waals surface area contributed by atoms with E-state index in [9.17, 15) is 15.0 Å². The van der Waals surface area contributed by atoms with Crippen molar-refractivity contribution in [3.63, 3.8) is 0 Å². The Morgan fingerprint density at radius 3 is 2.85 bits per heavy atom. The highest BCUT2D eigenvalue weighted by Crippen LogP contribution is 2.56. The normalized spacial score (nSPS) is 30.7. The smallest absolute Gasteiger partial charge is 0.305 e. The summed E-state index contributed by atoms with van der Waals surface area (Å²) < 4.78 is 4.71. The van der Waals surface area contributed by atoms with Crippen LogP contribution in [0.15, 0.2) is 24.3 Å². The quantitative estimate of drug-likeness (QED) is 0.297. The Balaban J connectivity index is 1.85. The average molecular weight is 379 g/mol. The molecule has 1 fully saturated rings. The van der Waals surface area contributed by atoms with Crippen molar-refractivity contribution in [1.29, 1.82) is 0 Å². The molecule has 2 aliphatic carbocycles. The maximum atomic E-state index is 11.3. The molecule has 2 N–H and O–H groups in total. The predicted molar refractivity (Wildman–Crippen MR) is 108 cm³/mol. The van der Waals surface area contributed by atoms with E-state index >= 15 is 0 Å². The second-order valence-electron chi connectivity index (χ2n) is 8.41. The van der Waals surface area contributed by atoms with Crippen molar-refractivity contribution in [2.75, 3.05) is 7.11 Å². The largest absolute Gasteiger partial charge is 0.469 e. The second-order valence-corrected chi connectivity index (χ2v) is 8.41. The van der Waals surface area contributed by atoms with Crippen LogP contribution in [0.25, 0.3) is 0 Å². The van der Waals surface area contributed by atoms with Gasteiger partial charge in [-0.2, -0.15) is 0 Å². The first kappa shape index (κ1) is 22.2. The molecule has 0 bridgehead atoms. The molecule has 0 saturated heterocycles. The van der Waals surface area contributed by atoms with Crippen LogP contribution in [0.4, 0.5) is 0 Å². The van der Waals surface area contributed by atoms with Gasteiger partial charge in [0.05, 0.1) is 19.3 Å². The highest BCUT2D eigenvalue weighted by atomic mass is 16.5. The zero-order valence-electron chi connectivity index (χ0n) is 17.1. The second kappa shape index (κ2) is 11.0. The fourth-order valence-electron chi connectivity index (χ4n) is 4.95. The third-order valence-electron chi connectivity index (χ3n) is 6.49. The Labute approximate surface area is 164 Å². The summed E-state index contributed by atoms with van der Waals surface area (Å²) in [6, 6.07) is 0. The molecular weight excluding hydrogens is 340 g/mol. The highest BCUT2D eigenvalue weighted by molar-refractivity contribution is 5.68. The fourth-order valence-corrected chi connectivity index (χ4v) is 4.95. The summed E-state index contributed by atoms with van der Waals surface area (Å²) >= 11 is 0. The first-order chi connectivity index (χ1) is 13.0. The number of rotatable bonds is 12. The van der Waals surface area contributed by atoms with Crippen LogP contribution in [0.5, 0.6) is 0 Å². The molecule has 0 aliphatic heterocycles. The van der Waals surface area contributed by atoms with E-state index in [1.54, 1.807) is 0 Å². The Morgan fingerprint density at radius 2 is 2.11 bits per heavy atom. The molecule has 4 nitrogen and oxygen atoms in total. The molecule has 0 amide bonds. The van der Waals surface area contributed by atoms with Gasteiger partial charge >= 0.3 is 5.97 Å². The molecular formula is C23H38O4. The zero-order valence-corrected chi connectivity index (χ0v) is 17.1. The Hall–Kier alpha value is -1.13. The number of ether oxygens (including phenoxy) is 1. The van der Waals surface area contributed by atoms with Crippen LogP contribution in [-0.2, 0) is 9.53 Å². The van der Waals surface area contributed by atoms with Gasteiger partial charge in [0.2, 0.25) is 0 Å². The van der Waals surface area contributed by atoms with E-state index in [0.717, 1.165) is 44.9 Å². The molecule has 0 aromatic carbocycles. The van der Waals surface area contributed by atoms with Crippen LogP contribution in [0.2, 0.25) is 0 Å². The molecule has 27 heavy (non-hydrogen) atoms. The summed E-state index contributed by atoms with van der Waals surface area (Å²) in [5.74, 6) is 0.381. The average Bonchev–Trinajstić information content (AvgIpc) is 3.16. The standard InChI is InChI=1S/C23H38O4/c1-3-4-5-6-10-18(24)13-14-19-20-11-9-16-23(20,17-21(19)25)15-8-7-12-22(26)27-2/h9,13-14,16,18-21,24-25H,3-8,10-12,15,17H2,1-2H3/b14-13+/t18-,19?,20?,21?,23?/m0/s1. The molecule has 1 saturated carbocycles. The summed E-state index contributed by atoms with van der Waals surface area (Å²) in [5, 5.41) is 20.9. The van der Waals surface area contributed by atoms with E-state index in [2.05, 4.69) is 25.2 Å². The molecule has 0 spiro atoms. The third kappa shape index (κ3) is 6.18. The van der Waals surface area contributed by atoms with Gasteiger partial charge in [-0.15, -0.1) is 0 Å². The van der Waals surface area contributed by atoms with Crippen LogP contribution >= 0.6 is 0 Å². The molecule has 0 radical (unpaired) electrons. The van der Waals surface area contributed by atoms with Crippen molar-refractivity contribution < 1.29 is 19.7 Å². The van der Waals surface area contributed by atoms with Gasteiger partial charge < -0.3 is 14.9 Å². The SMILES string of the molecule is CCCCCC[C@H](O)/C=C/C1C(O)CC2(CCCCC(=O)OC)C=CCC12. The fraction of sp³-hybridized carbons (Fsp3) is 0.783. The number of aliphatic hydroxyl groups is 2. The van der Waals surface area contributed by atoms with E-state index in [0.29, 0.717) is 12.3 Å². The monoisotopic (exact) mass is 378 g/mol. The van der Waals surface area contributed by atoms with Crippen LogP contribution in [0, 0.1) is 17.3 Å². The lowest BCUT2D eigenvalue weighted by atomic mass is 9.74. The summed E-state index contributed by atoms with van der Waals surface area (Å²) in [6.45, 7) is 2.19. The maximum Gasteiger partial charge on any atom is 0.305 e. The summed E-state index contributed by atoms with van der Waals surface area (Å²) in [7, 11) is 1.43. The Morgan fingerprint density at radius 1 is 1.30 bits per heavy atom. The maximum absolute atomic E-state index is 11.3. The number of carbonyl (C=O) groups is 1. The number of allylic oxidation sites excluding steroid dienone is 2. The van der Waals surface area contributed by atoms with Crippen molar-refractivity contribution >= 4 is 5.97 Å². The minimum Gasteiger partial charge on any atom is -0.469 e. The summed E-state index contributed by atoms with van der Waals surface area (Å²) in [5.41, 5.74) is 0.0522. The van der Waals surface area contributed by atoms with Gasteiger partial charge in [0.1, 0.15) is 0 Å². The van der Waals surface area contributed by atoms with Crippen LogP contribution < -0.4 is 0 Å². The van der Waals surface area contributed by atoms with Gasteiger partial charge in [0.25, 0.3) is 0 Å². The van der Waals surface area contributed by atoms with E-state index in [1.807, 2.05) is 6.08 Å². The number of hydrogen-bond donors (Lipinski definition) is 2. The van der Waals surface area contributed by atoms with Gasteiger partial charge in [-0.3, -0.25) is 4.79 Å². The van der Waals surface area contributed by atoms with E-state index in [1.165, 1.54) is 26.4 Å². The van der Waals surface area contributed by atoms with Crippen molar-refractivity contribution in [2.45, 2.75) is 89.8 Å². The number of esters is 1. The number of unbranched alkanes of at least 4 members (excludes halogenated alkanes) is 4. The lowest BCUT2D eigenvalue weighted by Gasteiger charge is -2.29. The molecule has 154 valence electrons. The number of hydrogen-bond acceptors (Lipinski definition) is 4. The lowest BCUT2D eigenvalue weighted by Crippen LogP contribution is -2.23. The summed E-state index contributed by atoms with van der Waals surface area (Å²) in [6.07, 6.45) is 18.3. The van der Waals surface area contributed by atoms with Gasteiger partial charge in [0, 0.05) is 12.3 Å². The molecule has 0 heterocycles. The molecule has 2 rings (SSSR count). The van der Waals surface area contributed by atoms with Crippen molar-refractivity contribution in [3.05, 3.63) is 24.3 Å². The van der Waals surface area contributed by atoms with Crippen LogP contribution in [-0.4, -0.2) is 35.5 Å². The molecule has 4 unspecified atom stereocenters. The summed E-state index contributed by atoms with van der Waals surface area (Å²) in [4.78, 5) is 11.3.